The summed E-state index contributed by atoms with van der Waals surface area (Å²) in [5.41, 5.74) is 0.265. The van der Waals surface area contributed by atoms with E-state index in [2.05, 4.69) is 0 Å². The monoisotopic (exact) mass is 319 g/mol. The van der Waals surface area contributed by atoms with Crippen LogP contribution in [0.4, 0.5) is 4.39 Å². The van der Waals surface area contributed by atoms with Gasteiger partial charge in [0.05, 0.1) is 11.6 Å². The van der Waals surface area contributed by atoms with E-state index >= 15 is 0 Å². The Balaban J connectivity index is 1.97. The van der Waals surface area contributed by atoms with Gasteiger partial charge in [-0.2, -0.15) is 0 Å². The Kier molecular flexibility index (Phi) is 4.72. The third kappa shape index (κ3) is 3.14. The molecule has 1 aliphatic carbocycles. The zero-order valence-corrected chi connectivity index (χ0v) is 13.8. The molecule has 1 saturated heterocycles. The fraction of sp³-hybridized carbons (Fsp3) is 0.632. The molecule has 1 aromatic rings. The van der Waals surface area contributed by atoms with Crippen LogP contribution in [0.25, 0.3) is 0 Å². The highest BCUT2D eigenvalue weighted by Gasteiger charge is 2.49. The summed E-state index contributed by atoms with van der Waals surface area (Å²) in [5.74, 6) is -0.0689. The molecule has 3 nitrogen and oxygen atoms in total. The van der Waals surface area contributed by atoms with Gasteiger partial charge in [-0.25, -0.2) is 4.39 Å². The topological polar surface area (TPSA) is 40.5 Å². The first kappa shape index (κ1) is 16.4. The molecule has 0 radical (unpaired) electrons. The van der Waals surface area contributed by atoms with Crippen molar-refractivity contribution in [1.82, 2.24) is 4.90 Å². The maximum Gasteiger partial charge on any atom is 0.223 e. The molecule has 4 heteroatoms. The largest absolute Gasteiger partial charge is 0.389 e. The number of carbonyl (C=O) groups is 1. The molecule has 1 amide bonds. The summed E-state index contributed by atoms with van der Waals surface area (Å²) < 4.78 is 13.3. The van der Waals surface area contributed by atoms with Gasteiger partial charge >= 0.3 is 0 Å². The highest BCUT2D eigenvalue weighted by Crippen LogP contribution is 2.49. The number of amides is 1. The minimum absolute atomic E-state index is 0.0521. The maximum atomic E-state index is 13.3. The van der Waals surface area contributed by atoms with Crippen LogP contribution in [0.5, 0.6) is 0 Å². The molecule has 1 heterocycles. The lowest BCUT2D eigenvalue weighted by atomic mass is 9.66. The molecule has 1 saturated carbocycles. The van der Waals surface area contributed by atoms with E-state index in [1.807, 2.05) is 11.8 Å². The number of nitrogens with zero attached hydrogens (tertiary/aromatic N) is 1. The van der Waals surface area contributed by atoms with Crippen LogP contribution in [0, 0.1) is 11.7 Å². The molecule has 0 aromatic heterocycles. The second-order valence-corrected chi connectivity index (χ2v) is 7.04. The van der Waals surface area contributed by atoms with Crippen LogP contribution < -0.4 is 0 Å². The molecular formula is C19H26FNO2. The molecule has 2 aliphatic rings. The number of likely N-dealkylation sites (tertiary alicyclic amines) is 1. The maximum absolute atomic E-state index is 13.3. The Bertz CT molecular complexity index is 559. The van der Waals surface area contributed by atoms with Crippen molar-refractivity contribution in [2.45, 2.75) is 63.5 Å². The number of benzene rings is 1. The van der Waals surface area contributed by atoms with Gasteiger partial charge in [-0.1, -0.05) is 31.9 Å². The normalized spacial score (nSPS) is 30.8. The molecule has 1 N–H and O–H groups in total. The minimum Gasteiger partial charge on any atom is -0.389 e. The van der Waals surface area contributed by atoms with Crippen molar-refractivity contribution in [3.8, 4) is 0 Å². The lowest BCUT2D eigenvalue weighted by molar-refractivity contribution is -0.155. The van der Waals surface area contributed by atoms with E-state index in [1.165, 1.54) is 12.1 Å². The van der Waals surface area contributed by atoms with Gasteiger partial charge in [0.25, 0.3) is 0 Å². The molecule has 3 atom stereocenters. The summed E-state index contributed by atoms with van der Waals surface area (Å²) in [6, 6.07) is 6.32. The Labute approximate surface area is 137 Å². The van der Waals surface area contributed by atoms with Crippen molar-refractivity contribution in [2.75, 3.05) is 6.54 Å². The standard InChI is InChI=1S/C19H26FNO2/c1-2-5-17(22)21-13-12-19(23)11-4-3-6-16(19)18(21)14-7-9-15(20)10-8-14/h7-10,16,18,23H,2-6,11-13H2,1H3/t16-,18+,19-/m1/s1. The molecule has 2 fully saturated rings. The van der Waals surface area contributed by atoms with Gasteiger partial charge in [0, 0.05) is 18.9 Å². The Morgan fingerprint density at radius 2 is 2.04 bits per heavy atom. The highest BCUT2D eigenvalue weighted by atomic mass is 19.1. The van der Waals surface area contributed by atoms with Crippen LogP contribution in [0.15, 0.2) is 24.3 Å². The average Bonchev–Trinajstić information content (AvgIpc) is 2.54. The van der Waals surface area contributed by atoms with Crippen molar-refractivity contribution in [2.24, 2.45) is 5.92 Å². The molecular weight excluding hydrogens is 293 g/mol. The van der Waals surface area contributed by atoms with Crippen LogP contribution in [0.3, 0.4) is 0 Å². The smallest absolute Gasteiger partial charge is 0.223 e. The van der Waals surface area contributed by atoms with E-state index in [4.69, 9.17) is 0 Å². The van der Waals surface area contributed by atoms with Gasteiger partial charge in [-0.3, -0.25) is 4.79 Å². The molecule has 0 bridgehead atoms. The average molecular weight is 319 g/mol. The second-order valence-electron chi connectivity index (χ2n) is 7.04. The van der Waals surface area contributed by atoms with Crippen molar-refractivity contribution >= 4 is 5.91 Å². The van der Waals surface area contributed by atoms with Crippen LogP contribution in [0.2, 0.25) is 0 Å². The van der Waals surface area contributed by atoms with Crippen LogP contribution in [-0.2, 0) is 4.79 Å². The lowest BCUT2D eigenvalue weighted by Gasteiger charge is -2.52. The number of hydrogen-bond donors (Lipinski definition) is 1. The van der Waals surface area contributed by atoms with Crippen molar-refractivity contribution < 1.29 is 14.3 Å². The SMILES string of the molecule is CCCC(=O)N1CC[C@]2(O)CCCC[C@@H]2[C@@H]1c1ccc(F)cc1. The number of piperidine rings is 1. The van der Waals surface area contributed by atoms with Crippen molar-refractivity contribution in [1.29, 1.82) is 0 Å². The van der Waals surface area contributed by atoms with Crippen LogP contribution >= 0.6 is 0 Å². The lowest BCUT2D eigenvalue weighted by Crippen LogP contribution is -2.56. The van der Waals surface area contributed by atoms with E-state index < -0.39 is 5.60 Å². The Morgan fingerprint density at radius 1 is 1.30 bits per heavy atom. The first-order chi connectivity index (χ1) is 11.0. The molecule has 126 valence electrons. The van der Waals surface area contributed by atoms with Gasteiger partial charge in [0.1, 0.15) is 5.82 Å². The second kappa shape index (κ2) is 6.60. The predicted octanol–water partition coefficient (Wildman–Crippen LogP) is 3.82. The zero-order valence-electron chi connectivity index (χ0n) is 13.8. The summed E-state index contributed by atoms with van der Waals surface area (Å²) in [4.78, 5) is 14.5. The first-order valence-electron chi connectivity index (χ1n) is 8.82. The fourth-order valence-electron chi connectivity index (χ4n) is 4.39. The van der Waals surface area contributed by atoms with E-state index in [0.717, 1.165) is 37.7 Å². The minimum atomic E-state index is -0.680. The highest BCUT2D eigenvalue weighted by molar-refractivity contribution is 5.77. The summed E-state index contributed by atoms with van der Waals surface area (Å²) in [6.07, 6.45) is 5.88. The molecule has 1 aliphatic heterocycles. The Morgan fingerprint density at radius 3 is 2.74 bits per heavy atom. The van der Waals surface area contributed by atoms with Gasteiger partial charge < -0.3 is 10.0 Å². The number of carbonyl (C=O) groups excluding carboxylic acids is 1. The van der Waals surface area contributed by atoms with Gasteiger partial charge in [0.15, 0.2) is 0 Å². The number of aliphatic hydroxyl groups is 1. The first-order valence-corrected chi connectivity index (χ1v) is 8.82. The zero-order chi connectivity index (χ0) is 16.4. The van der Waals surface area contributed by atoms with Gasteiger partial charge in [-0.15, -0.1) is 0 Å². The van der Waals surface area contributed by atoms with E-state index in [-0.39, 0.29) is 23.7 Å². The summed E-state index contributed by atoms with van der Waals surface area (Å²) in [6.45, 7) is 2.60. The van der Waals surface area contributed by atoms with Crippen molar-refractivity contribution in [3.05, 3.63) is 35.6 Å². The quantitative estimate of drug-likeness (QED) is 0.920. The molecule has 1 aromatic carbocycles. The van der Waals surface area contributed by atoms with Gasteiger partial charge in [-0.05, 0) is 43.4 Å². The number of hydrogen-bond acceptors (Lipinski definition) is 2. The Hall–Kier alpha value is -1.42. The number of rotatable bonds is 3. The third-order valence-electron chi connectivity index (χ3n) is 5.56. The summed E-state index contributed by atoms with van der Waals surface area (Å²) in [5, 5.41) is 11.1. The van der Waals surface area contributed by atoms with Crippen LogP contribution in [0.1, 0.15) is 63.5 Å². The van der Waals surface area contributed by atoms with E-state index in [9.17, 15) is 14.3 Å². The van der Waals surface area contributed by atoms with E-state index in [0.29, 0.717) is 19.4 Å². The fourth-order valence-corrected chi connectivity index (χ4v) is 4.39. The summed E-state index contributed by atoms with van der Waals surface area (Å²) in [7, 11) is 0. The summed E-state index contributed by atoms with van der Waals surface area (Å²) >= 11 is 0. The molecule has 3 rings (SSSR count). The molecule has 0 unspecified atom stereocenters. The molecule has 0 spiro atoms. The third-order valence-corrected chi connectivity index (χ3v) is 5.56. The molecule has 23 heavy (non-hydrogen) atoms. The van der Waals surface area contributed by atoms with Crippen LogP contribution in [-0.4, -0.2) is 28.1 Å². The number of halogens is 1. The number of fused-ring (bicyclic) bond motifs is 1. The van der Waals surface area contributed by atoms with Gasteiger partial charge in [0.2, 0.25) is 5.91 Å². The van der Waals surface area contributed by atoms with E-state index in [1.54, 1.807) is 12.1 Å². The predicted molar refractivity (Wildman–Crippen MR) is 87.3 cm³/mol. The van der Waals surface area contributed by atoms with Crippen molar-refractivity contribution in [3.63, 3.8) is 0 Å².